The van der Waals surface area contributed by atoms with Crippen molar-refractivity contribution in [2.45, 2.75) is 27.7 Å². The summed E-state index contributed by atoms with van der Waals surface area (Å²) in [7, 11) is 0. The third kappa shape index (κ3) is 4.07. The number of nitrogens with zero attached hydrogens (tertiary/aromatic N) is 6. The van der Waals surface area contributed by atoms with Crippen LogP contribution in [0.1, 0.15) is 25.0 Å². The first kappa shape index (κ1) is 20.8. The zero-order valence-electron chi connectivity index (χ0n) is 17.6. The highest BCUT2D eigenvalue weighted by Gasteiger charge is 2.12. The van der Waals surface area contributed by atoms with Gasteiger partial charge in [0.05, 0.1) is 11.4 Å². The number of aromatic nitrogens is 3. The molecule has 0 aliphatic heterocycles. The van der Waals surface area contributed by atoms with Gasteiger partial charge in [-0.15, -0.1) is 10.2 Å². The van der Waals surface area contributed by atoms with Crippen molar-refractivity contribution in [3.8, 4) is 11.8 Å². The molecule has 30 heavy (non-hydrogen) atoms. The van der Waals surface area contributed by atoms with E-state index in [9.17, 15) is 0 Å². The molecule has 0 aliphatic rings. The standard InChI is InChI=1S/C21H25N9/c1-5-29(6-2)15-7-8-20(14(4)9-15)30-27-17-10-13(3)16(11-18(17)28-30)25-26-19(12-22)21(23)24/h7-11,25H,5-6H2,1-4H3,(H3,23,24)/b26-19+. The average molecular weight is 403 g/mol. The van der Waals surface area contributed by atoms with Crippen LogP contribution in [0.3, 0.4) is 0 Å². The summed E-state index contributed by atoms with van der Waals surface area (Å²) in [5.74, 6) is -0.390. The van der Waals surface area contributed by atoms with Crippen molar-refractivity contribution in [2.75, 3.05) is 23.4 Å². The second kappa shape index (κ2) is 8.61. The normalized spacial score (nSPS) is 11.4. The maximum atomic E-state index is 8.99. The first-order valence-electron chi connectivity index (χ1n) is 9.69. The highest BCUT2D eigenvalue weighted by molar-refractivity contribution is 6.45. The lowest BCUT2D eigenvalue weighted by Crippen LogP contribution is -2.21. The van der Waals surface area contributed by atoms with Crippen molar-refractivity contribution in [3.05, 3.63) is 41.5 Å². The number of benzene rings is 2. The predicted molar refractivity (Wildman–Crippen MR) is 120 cm³/mol. The van der Waals surface area contributed by atoms with Crippen LogP contribution in [0.5, 0.6) is 0 Å². The second-order valence-corrected chi connectivity index (χ2v) is 6.89. The number of hydrogen-bond donors (Lipinski definition) is 3. The predicted octanol–water partition coefficient (Wildman–Crippen LogP) is 3.11. The topological polar surface area (TPSA) is 132 Å². The first-order valence-corrected chi connectivity index (χ1v) is 9.69. The summed E-state index contributed by atoms with van der Waals surface area (Å²) < 4.78 is 0. The Bertz CT molecular complexity index is 1160. The third-order valence-electron chi connectivity index (χ3n) is 4.90. The Labute approximate surface area is 175 Å². The third-order valence-corrected chi connectivity index (χ3v) is 4.90. The quantitative estimate of drug-likeness (QED) is 0.315. The molecule has 0 amide bonds. The van der Waals surface area contributed by atoms with E-state index in [-0.39, 0.29) is 5.71 Å². The Kier molecular flexibility index (Phi) is 5.97. The summed E-state index contributed by atoms with van der Waals surface area (Å²) in [5, 5.41) is 29.5. The maximum absolute atomic E-state index is 8.99. The Morgan fingerprint density at radius 2 is 1.83 bits per heavy atom. The highest BCUT2D eigenvalue weighted by Crippen LogP contribution is 2.25. The summed E-state index contributed by atoms with van der Waals surface area (Å²) in [5.41, 5.74) is 14.1. The number of fused-ring (bicyclic) bond motifs is 1. The molecule has 1 aromatic heterocycles. The minimum atomic E-state index is -0.390. The molecule has 0 radical (unpaired) electrons. The number of hydrogen-bond acceptors (Lipinski definition) is 7. The summed E-state index contributed by atoms with van der Waals surface area (Å²) in [6.07, 6.45) is 0. The Hall–Kier alpha value is -3.93. The number of aryl methyl sites for hydroxylation is 2. The van der Waals surface area contributed by atoms with Gasteiger partial charge >= 0.3 is 0 Å². The van der Waals surface area contributed by atoms with Crippen LogP contribution in [0.4, 0.5) is 11.4 Å². The molecule has 0 spiro atoms. The van der Waals surface area contributed by atoms with Crippen molar-refractivity contribution in [2.24, 2.45) is 10.8 Å². The molecule has 0 atom stereocenters. The van der Waals surface area contributed by atoms with Crippen LogP contribution >= 0.6 is 0 Å². The molecular formula is C21H25N9. The van der Waals surface area contributed by atoms with Gasteiger partial charge in [0, 0.05) is 18.8 Å². The highest BCUT2D eigenvalue weighted by atomic mass is 15.5. The first-order chi connectivity index (χ1) is 14.4. The van der Waals surface area contributed by atoms with Crippen molar-refractivity contribution in [3.63, 3.8) is 0 Å². The maximum Gasteiger partial charge on any atom is 0.201 e. The molecule has 9 nitrogen and oxygen atoms in total. The molecule has 0 aliphatic carbocycles. The second-order valence-electron chi connectivity index (χ2n) is 6.89. The molecule has 0 bridgehead atoms. The van der Waals surface area contributed by atoms with E-state index < -0.39 is 5.84 Å². The number of rotatable bonds is 7. The van der Waals surface area contributed by atoms with Gasteiger partial charge in [-0.25, -0.2) is 0 Å². The number of nitriles is 1. The molecule has 9 heteroatoms. The van der Waals surface area contributed by atoms with E-state index in [4.69, 9.17) is 16.4 Å². The van der Waals surface area contributed by atoms with Crippen molar-refractivity contribution in [1.82, 2.24) is 15.0 Å². The number of amidine groups is 1. The monoisotopic (exact) mass is 403 g/mol. The summed E-state index contributed by atoms with van der Waals surface area (Å²) in [6, 6.07) is 11.8. The lowest BCUT2D eigenvalue weighted by Gasteiger charge is -2.22. The summed E-state index contributed by atoms with van der Waals surface area (Å²) >= 11 is 0. The number of hydrazone groups is 1. The van der Waals surface area contributed by atoms with E-state index in [0.717, 1.165) is 35.4 Å². The van der Waals surface area contributed by atoms with Crippen molar-refractivity contribution < 1.29 is 0 Å². The van der Waals surface area contributed by atoms with Gasteiger partial charge in [0.2, 0.25) is 5.71 Å². The fourth-order valence-electron chi connectivity index (χ4n) is 3.21. The minimum Gasteiger partial charge on any atom is -0.382 e. The smallest absolute Gasteiger partial charge is 0.201 e. The number of nitrogens with one attached hydrogen (secondary N) is 2. The molecule has 2 aromatic carbocycles. The molecule has 0 fully saturated rings. The van der Waals surface area contributed by atoms with Crippen LogP contribution in [0.25, 0.3) is 16.7 Å². The van der Waals surface area contributed by atoms with Gasteiger partial charge in [-0.05, 0) is 69.2 Å². The van der Waals surface area contributed by atoms with Gasteiger partial charge in [0.1, 0.15) is 17.1 Å². The SMILES string of the molecule is CCN(CC)c1ccc(-n2nc3cc(C)c(N/N=C(\C#N)C(=N)N)cc3n2)c(C)c1. The molecule has 3 aromatic rings. The minimum absolute atomic E-state index is 0.179. The molecule has 154 valence electrons. The zero-order chi connectivity index (χ0) is 21.8. The largest absolute Gasteiger partial charge is 0.382 e. The molecule has 0 saturated heterocycles. The molecule has 0 unspecified atom stereocenters. The van der Waals surface area contributed by atoms with Crippen LogP contribution < -0.4 is 16.1 Å². The van der Waals surface area contributed by atoms with E-state index >= 15 is 0 Å². The van der Waals surface area contributed by atoms with E-state index in [1.807, 2.05) is 25.1 Å². The van der Waals surface area contributed by atoms with Gasteiger partial charge in [-0.3, -0.25) is 10.8 Å². The van der Waals surface area contributed by atoms with Crippen LogP contribution in [-0.2, 0) is 0 Å². The number of nitrogens with two attached hydrogens (primary N) is 1. The molecule has 1 heterocycles. The Balaban J connectivity index is 1.96. The fraction of sp³-hybridized carbons (Fsp3) is 0.286. The van der Waals surface area contributed by atoms with E-state index in [0.29, 0.717) is 11.2 Å². The van der Waals surface area contributed by atoms with Crippen molar-refractivity contribution in [1.29, 1.82) is 10.7 Å². The molecule has 4 N–H and O–H groups in total. The summed E-state index contributed by atoms with van der Waals surface area (Å²) in [6.45, 7) is 10.1. The lowest BCUT2D eigenvalue weighted by molar-refractivity contribution is 0.759. The number of anilines is 2. The van der Waals surface area contributed by atoms with Gasteiger partial charge in [-0.1, -0.05) is 0 Å². The Morgan fingerprint density at radius 1 is 1.17 bits per heavy atom. The van der Waals surface area contributed by atoms with Crippen LogP contribution in [0.15, 0.2) is 35.4 Å². The van der Waals surface area contributed by atoms with Crippen LogP contribution in [-0.4, -0.2) is 39.6 Å². The molecule has 0 saturated carbocycles. The van der Waals surface area contributed by atoms with Gasteiger partial charge in [0.25, 0.3) is 0 Å². The van der Waals surface area contributed by atoms with E-state index in [1.54, 1.807) is 10.9 Å². The molecule has 3 rings (SSSR count). The van der Waals surface area contributed by atoms with Crippen LogP contribution in [0.2, 0.25) is 0 Å². The summed E-state index contributed by atoms with van der Waals surface area (Å²) in [4.78, 5) is 3.93. The van der Waals surface area contributed by atoms with Gasteiger partial charge < -0.3 is 10.6 Å². The molecular weight excluding hydrogens is 378 g/mol. The van der Waals surface area contributed by atoms with E-state index in [1.165, 1.54) is 5.69 Å². The Morgan fingerprint density at radius 3 is 2.40 bits per heavy atom. The zero-order valence-corrected chi connectivity index (χ0v) is 17.6. The van der Waals surface area contributed by atoms with Crippen LogP contribution in [0, 0.1) is 30.6 Å². The van der Waals surface area contributed by atoms with Gasteiger partial charge in [-0.2, -0.15) is 15.2 Å². The van der Waals surface area contributed by atoms with Gasteiger partial charge in [0.15, 0.2) is 5.84 Å². The van der Waals surface area contributed by atoms with E-state index in [2.05, 4.69) is 58.5 Å². The fourth-order valence-corrected chi connectivity index (χ4v) is 3.21. The lowest BCUT2D eigenvalue weighted by atomic mass is 10.1. The van der Waals surface area contributed by atoms with Crippen molar-refractivity contribution >= 4 is 34.0 Å². The average Bonchev–Trinajstić information content (AvgIpc) is 3.11.